The molecule has 2 aliphatic heterocycles. The molecule has 0 aromatic carbocycles. The molecule has 3 rings (SSSR count). The van der Waals surface area contributed by atoms with E-state index in [1.165, 1.54) is 4.57 Å². The van der Waals surface area contributed by atoms with E-state index in [0.29, 0.717) is 16.6 Å². The van der Waals surface area contributed by atoms with E-state index in [4.69, 9.17) is 17.7 Å². The fraction of sp³-hybridized carbons (Fsp3) is 0.792. The molecule has 0 spiro atoms. The normalized spacial score (nSPS) is 29.2. The van der Waals surface area contributed by atoms with E-state index in [-0.39, 0.29) is 18.0 Å². The van der Waals surface area contributed by atoms with Crippen LogP contribution >= 0.6 is 0 Å². The minimum Gasteiger partial charge on any atom is -0.414 e. The topological polar surface area (TPSA) is 108 Å². The summed E-state index contributed by atoms with van der Waals surface area (Å²) in [5.74, 6) is 0.284. The molecule has 0 amide bonds. The van der Waals surface area contributed by atoms with E-state index in [1.807, 2.05) is 14.1 Å². The monoisotopic (exact) mass is 540 g/mol. The third-order valence-corrected chi connectivity index (χ3v) is 17.9. The number of fused-ring (bicyclic) bond motifs is 1. The summed E-state index contributed by atoms with van der Waals surface area (Å²) in [6, 6.07) is 1.61. The van der Waals surface area contributed by atoms with Crippen molar-refractivity contribution >= 4 is 29.3 Å². The van der Waals surface area contributed by atoms with Crippen LogP contribution in [0.2, 0.25) is 22.2 Å². The number of nitrogens with zero attached hydrogens (tertiary/aromatic N) is 4. The van der Waals surface area contributed by atoms with E-state index in [1.54, 1.807) is 23.5 Å². The molecule has 0 saturated carbocycles. The summed E-state index contributed by atoms with van der Waals surface area (Å²) in [6.07, 6.45) is -0.0696. The van der Waals surface area contributed by atoms with E-state index < -0.39 is 47.4 Å². The molecule has 0 radical (unpaired) electrons. The number of ether oxygens (including phenoxy) is 1. The Hall–Kier alpha value is -1.42. The molecule has 12 heteroatoms. The molecule has 3 heterocycles. The van der Waals surface area contributed by atoms with Crippen molar-refractivity contribution in [1.29, 1.82) is 0 Å². The largest absolute Gasteiger partial charge is 0.493 e. The van der Waals surface area contributed by atoms with Crippen LogP contribution in [-0.2, 0) is 17.7 Å². The summed E-state index contributed by atoms with van der Waals surface area (Å²) in [5.41, 5.74) is 0.539. The number of aliphatic hydroxyl groups is 1. The van der Waals surface area contributed by atoms with E-state index in [2.05, 4.69) is 65.4 Å². The van der Waals surface area contributed by atoms with Crippen LogP contribution in [0, 0.1) is 0 Å². The molecule has 36 heavy (non-hydrogen) atoms. The van der Waals surface area contributed by atoms with Crippen molar-refractivity contribution in [3.63, 3.8) is 0 Å². The summed E-state index contributed by atoms with van der Waals surface area (Å²) < 4.78 is 27.6. The molecular formula is C24H44N4O6Si2. The third kappa shape index (κ3) is 5.40. The Morgan fingerprint density at radius 3 is 2.31 bits per heavy atom. The Bertz CT molecular complexity index is 964. The van der Waals surface area contributed by atoms with Crippen LogP contribution in [0.1, 0.15) is 61.6 Å². The SMILES string of the molecule is CC(C)[Si]1(O[Si](C(C)C)(C(C)C)C(C)C)OC[C@H]2O[C@@H](n3ccc(N=CN(C)C)nc3=O)[C@H](O)[C@@H]2O1. The van der Waals surface area contributed by atoms with Crippen molar-refractivity contribution in [2.75, 3.05) is 20.7 Å². The first-order valence-corrected chi connectivity index (χ1v) is 16.8. The average Bonchev–Trinajstić information content (AvgIpc) is 3.10. The number of hydrogen-bond acceptors (Lipinski definition) is 8. The lowest BCUT2D eigenvalue weighted by Gasteiger charge is -2.51. The maximum absolute atomic E-state index is 12.8. The lowest BCUT2D eigenvalue weighted by atomic mass is 10.1. The summed E-state index contributed by atoms with van der Waals surface area (Å²) in [6.45, 7) is 17.8. The van der Waals surface area contributed by atoms with Crippen LogP contribution in [0.15, 0.2) is 22.1 Å². The van der Waals surface area contributed by atoms with Crippen LogP contribution < -0.4 is 5.69 Å². The average molecular weight is 541 g/mol. The van der Waals surface area contributed by atoms with Crippen LogP contribution in [-0.4, -0.2) is 82.0 Å². The van der Waals surface area contributed by atoms with Gasteiger partial charge >= 0.3 is 14.5 Å². The zero-order chi connectivity index (χ0) is 27.0. The molecule has 2 aliphatic rings. The van der Waals surface area contributed by atoms with Crippen molar-refractivity contribution in [1.82, 2.24) is 14.5 Å². The van der Waals surface area contributed by atoms with E-state index in [9.17, 15) is 9.90 Å². The van der Waals surface area contributed by atoms with Gasteiger partial charge in [0.05, 0.1) is 12.9 Å². The maximum atomic E-state index is 12.8. The molecule has 10 nitrogen and oxygen atoms in total. The van der Waals surface area contributed by atoms with Crippen LogP contribution in [0.4, 0.5) is 5.82 Å². The Morgan fingerprint density at radius 2 is 1.81 bits per heavy atom. The standard InChI is InChI=1S/C24H44N4O6Si2/c1-15(2)35(16(3)4,17(5)6)34-36(18(7)8)31-13-19-22(33-36)21(29)23(32-19)28-12-11-20(26-24(28)30)25-14-27(9)10/h11-12,14-19,21-23,29H,13H2,1-10H3/t19-,21-,22-,23-,36?/m1/s1. The first kappa shape index (κ1) is 29.1. The molecule has 0 aliphatic carbocycles. The molecule has 1 unspecified atom stereocenters. The fourth-order valence-corrected chi connectivity index (χ4v) is 17.5. The molecule has 1 aromatic heterocycles. The van der Waals surface area contributed by atoms with Crippen LogP contribution in [0.3, 0.4) is 0 Å². The molecule has 2 saturated heterocycles. The van der Waals surface area contributed by atoms with Gasteiger partial charge in [-0.2, -0.15) is 4.98 Å². The fourth-order valence-electron chi connectivity index (χ4n) is 5.57. The second-order valence-corrected chi connectivity index (χ2v) is 20.2. The minimum absolute atomic E-state index is 0.00561. The van der Waals surface area contributed by atoms with Gasteiger partial charge in [-0.25, -0.2) is 9.79 Å². The van der Waals surface area contributed by atoms with Crippen LogP contribution in [0.5, 0.6) is 0 Å². The minimum atomic E-state index is -3.19. The quantitative estimate of drug-likeness (QED) is 0.287. The van der Waals surface area contributed by atoms with Gasteiger partial charge in [0.25, 0.3) is 0 Å². The van der Waals surface area contributed by atoms with Crippen LogP contribution in [0.25, 0.3) is 0 Å². The molecule has 204 valence electrons. The number of aliphatic imine (C=N–C) groups is 1. The van der Waals surface area contributed by atoms with Gasteiger partial charge < -0.3 is 27.7 Å². The highest BCUT2D eigenvalue weighted by Gasteiger charge is 2.62. The predicted octanol–water partition coefficient (Wildman–Crippen LogP) is 3.68. The third-order valence-electron chi connectivity index (χ3n) is 7.30. The highest BCUT2D eigenvalue weighted by atomic mass is 28.5. The summed E-state index contributed by atoms with van der Waals surface area (Å²) in [4.78, 5) is 22.7. The lowest BCUT2D eigenvalue weighted by Crippen LogP contribution is -2.66. The highest BCUT2D eigenvalue weighted by molar-refractivity contribution is 6.85. The highest BCUT2D eigenvalue weighted by Crippen LogP contribution is 2.48. The molecule has 0 bridgehead atoms. The summed E-state index contributed by atoms with van der Waals surface area (Å²) in [5, 5.41) is 11.3. The molecule has 1 aromatic rings. The number of aromatic nitrogens is 2. The van der Waals surface area contributed by atoms with Gasteiger partial charge in [0.1, 0.15) is 18.3 Å². The summed E-state index contributed by atoms with van der Waals surface area (Å²) >= 11 is 0. The summed E-state index contributed by atoms with van der Waals surface area (Å²) in [7, 11) is -1.85. The van der Waals surface area contributed by atoms with Gasteiger partial charge in [0.15, 0.2) is 20.4 Å². The first-order chi connectivity index (χ1) is 16.7. The van der Waals surface area contributed by atoms with Gasteiger partial charge in [-0.15, -0.1) is 0 Å². The van der Waals surface area contributed by atoms with Crippen molar-refractivity contribution in [3.05, 3.63) is 22.7 Å². The van der Waals surface area contributed by atoms with E-state index >= 15 is 0 Å². The Kier molecular flexibility index (Phi) is 9.02. The Labute approximate surface area is 217 Å². The number of hydrogen-bond donors (Lipinski definition) is 1. The van der Waals surface area contributed by atoms with Gasteiger partial charge in [0, 0.05) is 25.8 Å². The second kappa shape index (κ2) is 11.1. The zero-order valence-corrected chi connectivity index (χ0v) is 25.3. The van der Waals surface area contributed by atoms with Crippen molar-refractivity contribution in [3.8, 4) is 0 Å². The maximum Gasteiger partial charge on any atom is 0.493 e. The predicted molar refractivity (Wildman–Crippen MR) is 144 cm³/mol. The van der Waals surface area contributed by atoms with Gasteiger partial charge in [-0.3, -0.25) is 4.57 Å². The Morgan fingerprint density at radius 1 is 1.19 bits per heavy atom. The lowest BCUT2D eigenvalue weighted by molar-refractivity contribution is -0.0903. The van der Waals surface area contributed by atoms with Crippen molar-refractivity contribution in [2.24, 2.45) is 4.99 Å². The number of rotatable bonds is 9. The molecule has 2 fully saturated rings. The van der Waals surface area contributed by atoms with Crippen molar-refractivity contribution in [2.45, 2.75) is 102 Å². The van der Waals surface area contributed by atoms with E-state index in [0.717, 1.165) is 0 Å². The molecule has 1 N–H and O–H groups in total. The first-order valence-electron chi connectivity index (χ1n) is 12.9. The zero-order valence-electron chi connectivity index (χ0n) is 23.3. The Balaban J connectivity index is 1.89. The van der Waals surface area contributed by atoms with Crippen molar-refractivity contribution < 1.29 is 22.8 Å². The van der Waals surface area contributed by atoms with Gasteiger partial charge in [-0.1, -0.05) is 55.4 Å². The smallest absolute Gasteiger partial charge is 0.414 e. The second-order valence-electron chi connectivity index (χ2n) is 11.3. The number of aliphatic hydroxyl groups excluding tert-OH is 1. The van der Waals surface area contributed by atoms with Gasteiger partial charge in [0.2, 0.25) is 0 Å². The van der Waals surface area contributed by atoms with Gasteiger partial charge in [-0.05, 0) is 22.7 Å². The molecular weight excluding hydrogens is 496 g/mol. The molecule has 5 atom stereocenters.